The molecule has 2 rings (SSSR count). The van der Waals surface area contributed by atoms with Crippen molar-refractivity contribution in [1.82, 2.24) is 5.32 Å². The zero-order chi connectivity index (χ0) is 14.0. The van der Waals surface area contributed by atoms with Crippen molar-refractivity contribution in [3.8, 4) is 0 Å². The third-order valence-corrected chi connectivity index (χ3v) is 5.28. The number of carbonyl (C=O) groups excluding carboxylic acids is 1. The van der Waals surface area contributed by atoms with Crippen molar-refractivity contribution in [1.29, 1.82) is 0 Å². The largest absolute Gasteiger partial charge is 0.392 e. The summed E-state index contributed by atoms with van der Waals surface area (Å²) in [6.07, 6.45) is 2.42. The highest BCUT2D eigenvalue weighted by Crippen LogP contribution is 2.46. The number of thiocarbonyl (C=S) groups is 1. The van der Waals surface area contributed by atoms with E-state index in [9.17, 15) is 4.79 Å². The molecule has 0 saturated heterocycles. The average Bonchev–Trinajstić information content (AvgIpc) is 2.84. The predicted molar refractivity (Wildman–Crippen MR) is 83.1 cm³/mol. The molecule has 1 aliphatic rings. The topological polar surface area (TPSA) is 55.1 Å². The average molecular weight is 296 g/mol. The lowest BCUT2D eigenvalue weighted by Crippen LogP contribution is -2.56. The molecule has 1 atom stereocenters. The third kappa shape index (κ3) is 2.67. The van der Waals surface area contributed by atoms with Crippen molar-refractivity contribution in [2.45, 2.75) is 39.2 Å². The van der Waals surface area contributed by atoms with Crippen LogP contribution in [0.15, 0.2) is 17.5 Å². The van der Waals surface area contributed by atoms with Crippen LogP contribution in [0.1, 0.15) is 44.0 Å². The molecule has 1 amide bonds. The summed E-state index contributed by atoms with van der Waals surface area (Å²) >= 11 is 6.78. The molecule has 1 fully saturated rings. The maximum absolute atomic E-state index is 12.5. The predicted octanol–water partition coefficient (Wildman–Crippen LogP) is 3.02. The Hall–Kier alpha value is -0.940. The highest BCUT2D eigenvalue weighted by atomic mass is 32.1. The summed E-state index contributed by atoms with van der Waals surface area (Å²) in [6, 6.07) is 4.12. The van der Waals surface area contributed by atoms with Crippen LogP contribution in [0, 0.1) is 11.3 Å². The molecule has 0 bridgehead atoms. The van der Waals surface area contributed by atoms with Crippen LogP contribution in [0.5, 0.6) is 0 Å². The lowest BCUT2D eigenvalue weighted by Gasteiger charge is -2.44. The van der Waals surface area contributed by atoms with Crippen LogP contribution in [-0.4, -0.2) is 10.9 Å². The molecule has 0 radical (unpaired) electrons. The molecular formula is C14H20N2OS2. The molecule has 1 unspecified atom stereocenters. The van der Waals surface area contributed by atoms with Gasteiger partial charge in [-0.1, -0.05) is 32.1 Å². The van der Waals surface area contributed by atoms with Crippen molar-refractivity contribution >= 4 is 34.5 Å². The summed E-state index contributed by atoms with van der Waals surface area (Å²) < 4.78 is 0. The van der Waals surface area contributed by atoms with Crippen LogP contribution in [0.25, 0.3) is 0 Å². The monoisotopic (exact) mass is 296 g/mol. The van der Waals surface area contributed by atoms with Crippen LogP contribution in [-0.2, 0) is 4.79 Å². The van der Waals surface area contributed by atoms with E-state index in [0.29, 0.717) is 10.9 Å². The van der Waals surface area contributed by atoms with Crippen LogP contribution in [0.2, 0.25) is 0 Å². The zero-order valence-corrected chi connectivity index (χ0v) is 12.9. The molecule has 3 nitrogen and oxygen atoms in total. The molecule has 1 aromatic rings. The second-order valence-electron chi connectivity index (χ2n) is 5.41. The van der Waals surface area contributed by atoms with E-state index in [1.54, 1.807) is 11.3 Å². The van der Waals surface area contributed by atoms with Gasteiger partial charge in [0.15, 0.2) is 0 Å². The minimum Gasteiger partial charge on any atom is -0.392 e. The molecule has 1 aromatic heterocycles. The number of amides is 1. The maximum Gasteiger partial charge on any atom is 0.233 e. The van der Waals surface area contributed by atoms with Gasteiger partial charge >= 0.3 is 0 Å². The smallest absolute Gasteiger partial charge is 0.233 e. The lowest BCUT2D eigenvalue weighted by atomic mass is 9.62. The van der Waals surface area contributed by atoms with Gasteiger partial charge in [-0.3, -0.25) is 4.79 Å². The third-order valence-electron chi connectivity index (χ3n) is 3.90. The molecule has 104 valence electrons. The summed E-state index contributed by atoms with van der Waals surface area (Å²) in [5.41, 5.74) is 5.19. The van der Waals surface area contributed by atoms with E-state index in [-0.39, 0.29) is 11.9 Å². The van der Waals surface area contributed by atoms with Crippen LogP contribution in [0.3, 0.4) is 0 Å². The van der Waals surface area contributed by atoms with Crippen molar-refractivity contribution in [2.75, 3.05) is 0 Å². The Kier molecular flexibility index (Phi) is 4.26. The number of hydrogen-bond acceptors (Lipinski definition) is 3. The van der Waals surface area contributed by atoms with Gasteiger partial charge in [0.25, 0.3) is 0 Å². The van der Waals surface area contributed by atoms with Gasteiger partial charge in [-0.15, -0.1) is 11.3 Å². The number of rotatable bonds is 5. The SMILES string of the molecule is CCC(NC(=O)C1(C(N)=S)CC(C)C1)c1cccs1. The van der Waals surface area contributed by atoms with Crippen molar-refractivity contribution < 1.29 is 4.79 Å². The summed E-state index contributed by atoms with van der Waals surface area (Å²) in [7, 11) is 0. The van der Waals surface area contributed by atoms with E-state index in [0.717, 1.165) is 19.3 Å². The van der Waals surface area contributed by atoms with Crippen molar-refractivity contribution in [2.24, 2.45) is 17.1 Å². The Morgan fingerprint density at radius 2 is 2.37 bits per heavy atom. The number of thiophene rings is 1. The van der Waals surface area contributed by atoms with Gasteiger partial charge in [-0.25, -0.2) is 0 Å². The van der Waals surface area contributed by atoms with E-state index < -0.39 is 5.41 Å². The van der Waals surface area contributed by atoms with E-state index in [1.807, 2.05) is 11.4 Å². The number of hydrogen-bond donors (Lipinski definition) is 2. The fourth-order valence-electron chi connectivity index (χ4n) is 2.79. The van der Waals surface area contributed by atoms with Gasteiger partial charge in [0.1, 0.15) is 0 Å². The second-order valence-corrected chi connectivity index (χ2v) is 6.83. The molecule has 5 heteroatoms. The van der Waals surface area contributed by atoms with E-state index >= 15 is 0 Å². The molecule has 1 saturated carbocycles. The van der Waals surface area contributed by atoms with E-state index in [1.165, 1.54) is 4.88 Å². The van der Waals surface area contributed by atoms with Gasteiger partial charge in [0.2, 0.25) is 5.91 Å². The standard InChI is InChI=1S/C14H20N2OS2/c1-3-10(11-5-4-6-19-11)16-13(17)14(12(15)18)7-9(2)8-14/h4-6,9-10H,3,7-8H2,1-2H3,(H2,15,18)(H,16,17). The summed E-state index contributed by atoms with van der Waals surface area (Å²) in [6.45, 7) is 4.20. The van der Waals surface area contributed by atoms with Crippen LogP contribution in [0.4, 0.5) is 0 Å². The zero-order valence-electron chi connectivity index (χ0n) is 11.3. The summed E-state index contributed by atoms with van der Waals surface area (Å²) in [5, 5.41) is 5.14. The number of nitrogens with one attached hydrogen (secondary N) is 1. The Labute approximate surface area is 123 Å². The molecule has 0 aliphatic heterocycles. The van der Waals surface area contributed by atoms with Gasteiger partial charge in [0.05, 0.1) is 16.4 Å². The van der Waals surface area contributed by atoms with Gasteiger partial charge in [0, 0.05) is 4.88 Å². The Morgan fingerprint density at radius 1 is 1.68 bits per heavy atom. The van der Waals surface area contributed by atoms with Crippen molar-refractivity contribution in [3.05, 3.63) is 22.4 Å². The van der Waals surface area contributed by atoms with Gasteiger partial charge in [-0.2, -0.15) is 0 Å². The van der Waals surface area contributed by atoms with Crippen molar-refractivity contribution in [3.63, 3.8) is 0 Å². The first-order valence-corrected chi connectivity index (χ1v) is 7.92. The summed E-state index contributed by atoms with van der Waals surface area (Å²) in [5.74, 6) is 0.521. The van der Waals surface area contributed by atoms with Crippen LogP contribution < -0.4 is 11.1 Å². The second kappa shape index (κ2) is 5.59. The fourth-order valence-corrected chi connectivity index (χ4v) is 3.91. The highest BCUT2D eigenvalue weighted by molar-refractivity contribution is 7.80. The number of carbonyl (C=O) groups is 1. The first kappa shape index (κ1) is 14.5. The van der Waals surface area contributed by atoms with Gasteiger partial charge in [-0.05, 0) is 36.6 Å². The first-order valence-electron chi connectivity index (χ1n) is 6.64. The maximum atomic E-state index is 12.5. The van der Waals surface area contributed by atoms with Gasteiger partial charge < -0.3 is 11.1 Å². The van der Waals surface area contributed by atoms with E-state index in [4.69, 9.17) is 18.0 Å². The summed E-state index contributed by atoms with van der Waals surface area (Å²) in [4.78, 5) is 14.0. The fraction of sp³-hybridized carbons (Fsp3) is 0.571. The Bertz CT molecular complexity index is 464. The molecule has 1 heterocycles. The Balaban J connectivity index is 2.09. The molecule has 1 aliphatic carbocycles. The molecule has 19 heavy (non-hydrogen) atoms. The lowest BCUT2D eigenvalue weighted by molar-refractivity contribution is -0.133. The quantitative estimate of drug-likeness (QED) is 0.821. The highest BCUT2D eigenvalue weighted by Gasteiger charge is 2.51. The first-order chi connectivity index (χ1) is 8.99. The normalized spacial score (nSPS) is 27.4. The molecule has 3 N–H and O–H groups in total. The minimum absolute atomic E-state index is 0.00153. The molecular weight excluding hydrogens is 276 g/mol. The van der Waals surface area contributed by atoms with E-state index in [2.05, 4.69) is 25.2 Å². The Morgan fingerprint density at radius 3 is 2.79 bits per heavy atom. The number of nitrogens with two attached hydrogens (primary N) is 1. The van der Waals surface area contributed by atoms with Crippen LogP contribution >= 0.6 is 23.6 Å². The molecule has 0 aromatic carbocycles. The molecule has 0 spiro atoms. The minimum atomic E-state index is -0.612.